The Morgan fingerprint density at radius 2 is 2.39 bits per heavy atom. The number of carbonyl (C=O) groups excluding carboxylic acids is 1. The van der Waals surface area contributed by atoms with Gasteiger partial charge in [-0.05, 0) is 18.3 Å². The zero-order chi connectivity index (χ0) is 12.6. The van der Waals surface area contributed by atoms with Crippen LogP contribution in [0.15, 0.2) is 6.20 Å². The molecule has 0 aromatic carbocycles. The summed E-state index contributed by atoms with van der Waals surface area (Å²) in [5, 5.41) is 14.1. The van der Waals surface area contributed by atoms with Crippen LogP contribution >= 0.6 is 0 Å². The number of nitrogens with zero attached hydrogens (tertiary/aromatic N) is 3. The zero-order valence-corrected chi connectivity index (χ0v) is 10.6. The molecule has 2 N–H and O–H groups in total. The van der Waals surface area contributed by atoms with Crippen molar-refractivity contribution in [2.45, 2.75) is 32.2 Å². The summed E-state index contributed by atoms with van der Waals surface area (Å²) in [4.78, 5) is 11.9. The van der Waals surface area contributed by atoms with Crippen LogP contribution in [0.4, 0.5) is 0 Å². The Kier molecular flexibility index (Phi) is 2.81. The first-order valence-corrected chi connectivity index (χ1v) is 6.57. The standard InChI is InChI=1S/C12H19N5O/c1-12(3-2-4-12)8-14-11(18)10-7-17(16-15-10)9-5-13-6-9/h7,9,13H,2-6,8H2,1H3,(H,14,18). The van der Waals surface area contributed by atoms with Gasteiger partial charge in [0.15, 0.2) is 5.69 Å². The quantitative estimate of drug-likeness (QED) is 0.807. The molecule has 6 nitrogen and oxygen atoms in total. The van der Waals surface area contributed by atoms with Crippen molar-refractivity contribution in [1.82, 2.24) is 25.6 Å². The fourth-order valence-electron chi connectivity index (χ4n) is 2.36. The third kappa shape index (κ3) is 2.12. The molecule has 0 radical (unpaired) electrons. The Bertz CT molecular complexity index is 447. The van der Waals surface area contributed by atoms with E-state index in [0.717, 1.165) is 19.6 Å². The monoisotopic (exact) mass is 249 g/mol. The molecule has 2 heterocycles. The van der Waals surface area contributed by atoms with Gasteiger partial charge < -0.3 is 10.6 Å². The van der Waals surface area contributed by atoms with E-state index in [0.29, 0.717) is 17.2 Å². The number of aromatic nitrogens is 3. The lowest BCUT2D eigenvalue weighted by Crippen LogP contribution is -2.43. The Balaban J connectivity index is 1.56. The highest BCUT2D eigenvalue weighted by atomic mass is 16.2. The van der Waals surface area contributed by atoms with Gasteiger partial charge in [0, 0.05) is 19.6 Å². The lowest BCUT2D eigenvalue weighted by molar-refractivity contribution is 0.0886. The highest BCUT2D eigenvalue weighted by Gasteiger charge is 2.32. The third-order valence-corrected chi connectivity index (χ3v) is 4.11. The second kappa shape index (κ2) is 4.35. The minimum atomic E-state index is -0.110. The molecule has 1 aliphatic carbocycles. The van der Waals surface area contributed by atoms with Crippen molar-refractivity contribution in [2.75, 3.05) is 19.6 Å². The van der Waals surface area contributed by atoms with E-state index in [1.165, 1.54) is 19.3 Å². The summed E-state index contributed by atoms with van der Waals surface area (Å²) in [7, 11) is 0. The number of hydrogen-bond donors (Lipinski definition) is 2. The average molecular weight is 249 g/mol. The maximum atomic E-state index is 11.9. The van der Waals surface area contributed by atoms with E-state index in [4.69, 9.17) is 0 Å². The molecule has 1 aromatic rings. The zero-order valence-electron chi connectivity index (χ0n) is 10.6. The van der Waals surface area contributed by atoms with Crippen LogP contribution in [0.5, 0.6) is 0 Å². The lowest BCUT2D eigenvalue weighted by atomic mass is 9.70. The van der Waals surface area contributed by atoms with Crippen molar-refractivity contribution >= 4 is 5.91 Å². The number of amides is 1. The molecule has 1 aliphatic heterocycles. The molecule has 2 fully saturated rings. The van der Waals surface area contributed by atoms with Crippen LogP contribution in [-0.2, 0) is 0 Å². The van der Waals surface area contributed by atoms with E-state index in [1.54, 1.807) is 10.9 Å². The van der Waals surface area contributed by atoms with Crippen LogP contribution in [-0.4, -0.2) is 40.5 Å². The molecular weight excluding hydrogens is 230 g/mol. The van der Waals surface area contributed by atoms with E-state index < -0.39 is 0 Å². The van der Waals surface area contributed by atoms with Gasteiger partial charge in [-0.15, -0.1) is 5.10 Å². The Morgan fingerprint density at radius 3 is 2.94 bits per heavy atom. The highest BCUT2D eigenvalue weighted by molar-refractivity contribution is 5.91. The summed E-state index contributed by atoms with van der Waals surface area (Å²) in [6.45, 7) is 4.77. The Labute approximate surface area is 106 Å². The number of carbonyl (C=O) groups is 1. The molecule has 0 unspecified atom stereocenters. The van der Waals surface area contributed by atoms with Crippen molar-refractivity contribution in [3.05, 3.63) is 11.9 Å². The first-order valence-electron chi connectivity index (χ1n) is 6.57. The maximum absolute atomic E-state index is 11.9. The molecule has 1 saturated heterocycles. The SMILES string of the molecule is CC1(CNC(=O)c2cn(C3CNC3)nn2)CCC1. The van der Waals surface area contributed by atoms with Crippen LogP contribution in [0.25, 0.3) is 0 Å². The molecule has 0 spiro atoms. The molecule has 2 aliphatic rings. The van der Waals surface area contributed by atoms with E-state index in [2.05, 4.69) is 27.9 Å². The topological polar surface area (TPSA) is 71.8 Å². The summed E-state index contributed by atoms with van der Waals surface area (Å²) in [5.74, 6) is -0.110. The summed E-state index contributed by atoms with van der Waals surface area (Å²) in [5.41, 5.74) is 0.716. The summed E-state index contributed by atoms with van der Waals surface area (Å²) >= 11 is 0. The van der Waals surface area contributed by atoms with E-state index in [1.807, 2.05) is 0 Å². The van der Waals surface area contributed by atoms with Gasteiger partial charge >= 0.3 is 0 Å². The normalized spacial score (nSPS) is 22.1. The average Bonchev–Trinajstić information content (AvgIpc) is 2.70. The van der Waals surface area contributed by atoms with Crippen LogP contribution < -0.4 is 10.6 Å². The van der Waals surface area contributed by atoms with Crippen molar-refractivity contribution in [3.63, 3.8) is 0 Å². The van der Waals surface area contributed by atoms with Crippen LogP contribution in [0.2, 0.25) is 0 Å². The smallest absolute Gasteiger partial charge is 0.273 e. The maximum Gasteiger partial charge on any atom is 0.273 e. The fraction of sp³-hybridized carbons (Fsp3) is 0.750. The molecule has 1 amide bonds. The Morgan fingerprint density at radius 1 is 1.61 bits per heavy atom. The molecule has 6 heteroatoms. The van der Waals surface area contributed by atoms with Crippen molar-refractivity contribution < 1.29 is 4.79 Å². The minimum absolute atomic E-state index is 0.110. The van der Waals surface area contributed by atoms with Gasteiger partial charge in [-0.3, -0.25) is 4.79 Å². The van der Waals surface area contributed by atoms with Gasteiger partial charge in [0.05, 0.1) is 12.2 Å². The van der Waals surface area contributed by atoms with Gasteiger partial charge in [-0.1, -0.05) is 18.6 Å². The van der Waals surface area contributed by atoms with Gasteiger partial charge in [0.2, 0.25) is 0 Å². The minimum Gasteiger partial charge on any atom is -0.350 e. The molecule has 3 rings (SSSR count). The van der Waals surface area contributed by atoms with Crippen molar-refractivity contribution in [2.24, 2.45) is 5.41 Å². The van der Waals surface area contributed by atoms with Crippen LogP contribution in [0, 0.1) is 5.41 Å². The predicted octanol–water partition coefficient (Wildman–Crippen LogP) is 0.342. The van der Waals surface area contributed by atoms with E-state index in [-0.39, 0.29) is 5.91 Å². The summed E-state index contributed by atoms with van der Waals surface area (Å²) in [6, 6.07) is 0.350. The molecule has 0 atom stereocenters. The van der Waals surface area contributed by atoms with Crippen molar-refractivity contribution in [1.29, 1.82) is 0 Å². The first-order chi connectivity index (χ1) is 8.66. The largest absolute Gasteiger partial charge is 0.350 e. The van der Waals surface area contributed by atoms with Gasteiger partial charge in [0.25, 0.3) is 5.91 Å². The number of hydrogen-bond acceptors (Lipinski definition) is 4. The predicted molar refractivity (Wildman–Crippen MR) is 66.2 cm³/mol. The van der Waals surface area contributed by atoms with Gasteiger partial charge in [-0.25, -0.2) is 4.68 Å². The number of nitrogens with one attached hydrogen (secondary N) is 2. The van der Waals surface area contributed by atoms with E-state index in [9.17, 15) is 4.79 Å². The Hall–Kier alpha value is -1.43. The second-order valence-electron chi connectivity index (χ2n) is 5.74. The molecule has 1 saturated carbocycles. The summed E-state index contributed by atoms with van der Waals surface area (Å²) < 4.78 is 1.77. The highest BCUT2D eigenvalue weighted by Crippen LogP contribution is 2.39. The van der Waals surface area contributed by atoms with Crippen LogP contribution in [0.1, 0.15) is 42.7 Å². The van der Waals surface area contributed by atoms with E-state index >= 15 is 0 Å². The number of rotatable bonds is 4. The second-order valence-corrected chi connectivity index (χ2v) is 5.74. The van der Waals surface area contributed by atoms with Crippen LogP contribution in [0.3, 0.4) is 0 Å². The molecule has 98 valence electrons. The molecular formula is C12H19N5O. The molecule has 0 bridgehead atoms. The molecule has 1 aromatic heterocycles. The summed E-state index contributed by atoms with van der Waals surface area (Å²) in [6.07, 6.45) is 5.42. The third-order valence-electron chi connectivity index (χ3n) is 4.11. The van der Waals surface area contributed by atoms with Gasteiger partial charge in [0.1, 0.15) is 0 Å². The molecule has 18 heavy (non-hydrogen) atoms. The lowest BCUT2D eigenvalue weighted by Gasteiger charge is -2.38. The van der Waals surface area contributed by atoms with Gasteiger partial charge in [-0.2, -0.15) is 0 Å². The fourth-order valence-corrected chi connectivity index (χ4v) is 2.36. The van der Waals surface area contributed by atoms with Crippen molar-refractivity contribution in [3.8, 4) is 0 Å². The first kappa shape index (κ1) is 11.6.